The van der Waals surface area contributed by atoms with Gasteiger partial charge in [-0.05, 0) is 43.0 Å². The van der Waals surface area contributed by atoms with Gasteiger partial charge in [-0.1, -0.05) is 12.1 Å². The lowest BCUT2D eigenvalue weighted by Crippen LogP contribution is -2.33. The molecular formula is C14H18N2O4S. The number of nitrogens with one attached hydrogen (secondary N) is 1. The Balaban J connectivity index is 2.22. The summed E-state index contributed by atoms with van der Waals surface area (Å²) in [6, 6.07) is 5.12. The molecule has 1 aromatic rings. The van der Waals surface area contributed by atoms with Gasteiger partial charge in [0.25, 0.3) is 0 Å². The second kappa shape index (κ2) is 6.28. The van der Waals surface area contributed by atoms with Crippen molar-refractivity contribution >= 4 is 27.9 Å². The van der Waals surface area contributed by atoms with Crippen LogP contribution in [0.1, 0.15) is 24.0 Å². The molecular weight excluding hydrogens is 292 g/mol. The van der Waals surface area contributed by atoms with Crippen LogP contribution in [0.15, 0.2) is 24.3 Å². The van der Waals surface area contributed by atoms with Crippen LogP contribution in [0.2, 0.25) is 0 Å². The maximum Gasteiger partial charge on any atom is 0.328 e. The number of nitrogens with zero attached hydrogens (tertiary/aromatic N) is 1. The molecule has 2 N–H and O–H groups in total. The van der Waals surface area contributed by atoms with E-state index in [4.69, 9.17) is 5.11 Å². The molecule has 1 heterocycles. The Morgan fingerprint density at radius 1 is 1.33 bits per heavy atom. The van der Waals surface area contributed by atoms with E-state index in [0.29, 0.717) is 24.3 Å². The van der Waals surface area contributed by atoms with Crippen LogP contribution in [0.25, 0.3) is 6.08 Å². The first kappa shape index (κ1) is 15.5. The number of aliphatic carboxylic acids is 1. The van der Waals surface area contributed by atoms with Gasteiger partial charge < -0.3 is 5.11 Å². The Morgan fingerprint density at radius 3 is 2.62 bits per heavy atom. The fraction of sp³-hybridized carbons (Fsp3) is 0.357. The van der Waals surface area contributed by atoms with E-state index in [1.54, 1.807) is 25.1 Å². The number of rotatable bonds is 5. The van der Waals surface area contributed by atoms with Crippen LogP contribution >= 0.6 is 0 Å². The van der Waals surface area contributed by atoms with Gasteiger partial charge in [-0.25, -0.2) is 4.79 Å². The summed E-state index contributed by atoms with van der Waals surface area (Å²) < 4.78 is 28.5. The predicted octanol–water partition coefficient (Wildman–Crippen LogP) is 1.85. The highest BCUT2D eigenvalue weighted by Gasteiger charge is 2.25. The lowest BCUT2D eigenvalue weighted by atomic mass is 10.1. The second-order valence-corrected chi connectivity index (χ2v) is 6.63. The Labute approximate surface area is 124 Å². The Kier molecular flexibility index (Phi) is 4.64. The number of hydrogen-bond acceptors (Lipinski definition) is 3. The van der Waals surface area contributed by atoms with Gasteiger partial charge >= 0.3 is 16.2 Å². The van der Waals surface area contributed by atoms with Crippen LogP contribution in [0.3, 0.4) is 0 Å². The average molecular weight is 310 g/mol. The van der Waals surface area contributed by atoms with E-state index in [0.717, 1.165) is 24.5 Å². The minimum absolute atomic E-state index is 0.467. The van der Waals surface area contributed by atoms with Crippen molar-refractivity contribution in [2.75, 3.05) is 17.8 Å². The van der Waals surface area contributed by atoms with Crippen LogP contribution in [0, 0.1) is 6.92 Å². The van der Waals surface area contributed by atoms with E-state index in [-0.39, 0.29) is 0 Å². The summed E-state index contributed by atoms with van der Waals surface area (Å²) in [6.07, 6.45) is 4.20. The number of hydrogen-bond donors (Lipinski definition) is 2. The van der Waals surface area contributed by atoms with Crippen molar-refractivity contribution in [1.82, 2.24) is 4.31 Å². The third-order valence-corrected chi connectivity index (χ3v) is 4.85. The van der Waals surface area contributed by atoms with Gasteiger partial charge in [-0.15, -0.1) is 0 Å². The Bertz CT molecular complexity index is 662. The third-order valence-electron chi connectivity index (χ3n) is 3.32. The molecule has 1 aromatic carbocycles. The molecule has 0 spiro atoms. The molecule has 1 aliphatic heterocycles. The minimum Gasteiger partial charge on any atom is -0.478 e. The standard InChI is InChI=1S/C14H18N2O4S/c1-11-4-5-12(6-7-14(17)18)10-13(11)15-21(19,20)16-8-2-3-9-16/h4-7,10,15H,2-3,8-9H2,1H3,(H,17,18). The normalized spacial score (nSPS) is 16.4. The molecule has 0 radical (unpaired) electrons. The van der Waals surface area contributed by atoms with Gasteiger partial charge in [0.1, 0.15) is 0 Å². The molecule has 0 aromatic heterocycles. The summed E-state index contributed by atoms with van der Waals surface area (Å²) in [5, 5.41) is 8.62. The van der Waals surface area contributed by atoms with Crippen molar-refractivity contribution in [3.8, 4) is 0 Å². The third kappa shape index (κ3) is 4.05. The first-order valence-corrected chi connectivity index (χ1v) is 8.12. The molecule has 0 bridgehead atoms. The molecule has 2 rings (SSSR count). The highest BCUT2D eigenvalue weighted by atomic mass is 32.2. The quantitative estimate of drug-likeness (QED) is 0.813. The first-order chi connectivity index (χ1) is 9.88. The summed E-state index contributed by atoms with van der Waals surface area (Å²) in [5.74, 6) is -1.05. The zero-order valence-corrected chi connectivity index (χ0v) is 12.6. The second-order valence-electron chi connectivity index (χ2n) is 4.96. The summed E-state index contributed by atoms with van der Waals surface area (Å²) in [4.78, 5) is 10.5. The number of carboxylic acids is 1. The lowest BCUT2D eigenvalue weighted by Gasteiger charge is -2.18. The first-order valence-electron chi connectivity index (χ1n) is 6.68. The van der Waals surface area contributed by atoms with E-state index in [1.807, 2.05) is 0 Å². The molecule has 1 aliphatic rings. The van der Waals surface area contributed by atoms with Crippen LogP contribution in [-0.2, 0) is 15.0 Å². The van der Waals surface area contributed by atoms with Crippen LogP contribution in [-0.4, -0.2) is 36.9 Å². The van der Waals surface area contributed by atoms with Gasteiger partial charge in [0.2, 0.25) is 0 Å². The zero-order chi connectivity index (χ0) is 15.5. The van der Waals surface area contributed by atoms with Crippen LogP contribution in [0.4, 0.5) is 5.69 Å². The maximum atomic E-state index is 12.2. The monoisotopic (exact) mass is 310 g/mol. The maximum absolute atomic E-state index is 12.2. The van der Waals surface area contributed by atoms with Gasteiger partial charge in [0.15, 0.2) is 0 Å². The Morgan fingerprint density at radius 2 is 2.00 bits per heavy atom. The number of carboxylic acid groups (broad SMARTS) is 1. The van der Waals surface area contributed by atoms with Gasteiger partial charge in [0, 0.05) is 19.2 Å². The van der Waals surface area contributed by atoms with E-state index in [2.05, 4.69) is 4.72 Å². The summed E-state index contributed by atoms with van der Waals surface area (Å²) in [7, 11) is -3.54. The van der Waals surface area contributed by atoms with E-state index in [9.17, 15) is 13.2 Å². The van der Waals surface area contributed by atoms with Gasteiger partial charge in [-0.2, -0.15) is 12.7 Å². The van der Waals surface area contributed by atoms with Crippen molar-refractivity contribution in [3.63, 3.8) is 0 Å². The van der Waals surface area contributed by atoms with Crippen LogP contribution in [0.5, 0.6) is 0 Å². The molecule has 0 atom stereocenters. The number of aryl methyl sites for hydroxylation is 1. The topological polar surface area (TPSA) is 86.7 Å². The molecule has 0 aliphatic carbocycles. The smallest absolute Gasteiger partial charge is 0.328 e. The SMILES string of the molecule is Cc1ccc(C=CC(=O)O)cc1NS(=O)(=O)N1CCCC1. The highest BCUT2D eigenvalue weighted by molar-refractivity contribution is 7.90. The number of carbonyl (C=O) groups is 1. The van der Waals surface area contributed by atoms with Gasteiger partial charge in [0.05, 0.1) is 5.69 Å². The molecule has 1 saturated heterocycles. The van der Waals surface area contributed by atoms with Crippen molar-refractivity contribution in [1.29, 1.82) is 0 Å². The molecule has 21 heavy (non-hydrogen) atoms. The zero-order valence-electron chi connectivity index (χ0n) is 11.7. The molecule has 0 unspecified atom stereocenters. The fourth-order valence-electron chi connectivity index (χ4n) is 2.15. The van der Waals surface area contributed by atoms with Crippen LogP contribution < -0.4 is 4.72 Å². The molecule has 1 fully saturated rings. The fourth-order valence-corrected chi connectivity index (χ4v) is 3.52. The number of anilines is 1. The largest absolute Gasteiger partial charge is 0.478 e. The lowest BCUT2D eigenvalue weighted by molar-refractivity contribution is -0.131. The number of benzene rings is 1. The van der Waals surface area contributed by atoms with Crippen molar-refractivity contribution < 1.29 is 18.3 Å². The van der Waals surface area contributed by atoms with Crippen molar-refractivity contribution in [2.45, 2.75) is 19.8 Å². The Hall–Kier alpha value is -1.86. The molecule has 114 valence electrons. The predicted molar refractivity (Wildman–Crippen MR) is 81.2 cm³/mol. The van der Waals surface area contributed by atoms with Crippen molar-refractivity contribution in [3.05, 3.63) is 35.4 Å². The van der Waals surface area contributed by atoms with E-state index < -0.39 is 16.2 Å². The van der Waals surface area contributed by atoms with Gasteiger partial charge in [-0.3, -0.25) is 4.72 Å². The van der Waals surface area contributed by atoms with E-state index >= 15 is 0 Å². The molecule has 7 heteroatoms. The molecule has 0 amide bonds. The minimum atomic E-state index is -3.54. The average Bonchev–Trinajstić information content (AvgIpc) is 2.94. The molecule has 6 nitrogen and oxygen atoms in total. The summed E-state index contributed by atoms with van der Waals surface area (Å²) in [6.45, 7) is 2.87. The molecule has 0 saturated carbocycles. The van der Waals surface area contributed by atoms with Crippen molar-refractivity contribution in [2.24, 2.45) is 0 Å². The summed E-state index contributed by atoms with van der Waals surface area (Å²) >= 11 is 0. The summed E-state index contributed by atoms with van der Waals surface area (Å²) in [5.41, 5.74) is 1.88. The van der Waals surface area contributed by atoms with E-state index in [1.165, 1.54) is 10.4 Å². The highest BCUT2D eigenvalue weighted by Crippen LogP contribution is 2.22.